The second-order valence-electron chi connectivity index (χ2n) is 7.88. The molecule has 3 heterocycles. The Balaban J connectivity index is 1.58. The smallest absolute Gasteiger partial charge is 0.271 e. The summed E-state index contributed by atoms with van der Waals surface area (Å²) in [5, 5.41) is 1.07. The summed E-state index contributed by atoms with van der Waals surface area (Å²) in [6, 6.07) is 18.4. The molecule has 2 aliphatic rings. The van der Waals surface area contributed by atoms with E-state index >= 15 is 0 Å². The molecule has 0 bridgehead atoms. The number of aromatic nitrogens is 1. The fourth-order valence-corrected chi connectivity index (χ4v) is 4.87. The van der Waals surface area contributed by atoms with Crippen LogP contribution in [0.3, 0.4) is 0 Å². The minimum absolute atomic E-state index is 0.0179. The molecule has 1 fully saturated rings. The van der Waals surface area contributed by atoms with Gasteiger partial charge in [-0.25, -0.2) is 0 Å². The van der Waals surface area contributed by atoms with Gasteiger partial charge in [0.15, 0.2) is 0 Å². The number of amides is 2. The summed E-state index contributed by atoms with van der Waals surface area (Å²) < 4.78 is 1.98. The molecule has 1 aromatic heterocycles. The fourth-order valence-electron chi connectivity index (χ4n) is 4.87. The highest BCUT2D eigenvalue weighted by Crippen LogP contribution is 2.39. The molecule has 0 aliphatic carbocycles. The highest BCUT2D eigenvalue weighted by molar-refractivity contribution is 5.99. The molecule has 28 heavy (non-hydrogen) atoms. The van der Waals surface area contributed by atoms with Gasteiger partial charge in [-0.05, 0) is 23.3 Å². The highest BCUT2D eigenvalue weighted by Gasteiger charge is 2.44. The van der Waals surface area contributed by atoms with Crippen molar-refractivity contribution in [1.29, 1.82) is 0 Å². The van der Waals surface area contributed by atoms with Crippen molar-refractivity contribution >= 4 is 22.7 Å². The van der Waals surface area contributed by atoms with Gasteiger partial charge in [0, 0.05) is 50.4 Å². The summed E-state index contributed by atoms with van der Waals surface area (Å²) in [6.45, 7) is 3.47. The summed E-state index contributed by atoms with van der Waals surface area (Å²) in [4.78, 5) is 29.5. The maximum absolute atomic E-state index is 13.6. The first-order valence-electron chi connectivity index (χ1n) is 9.73. The fraction of sp³-hybridized carbons (Fsp3) is 0.304. The van der Waals surface area contributed by atoms with Gasteiger partial charge in [0.25, 0.3) is 5.91 Å². The van der Waals surface area contributed by atoms with Crippen LogP contribution >= 0.6 is 0 Å². The van der Waals surface area contributed by atoms with Crippen LogP contribution in [0.15, 0.2) is 54.6 Å². The first-order valence-corrected chi connectivity index (χ1v) is 9.73. The monoisotopic (exact) mass is 373 g/mol. The zero-order chi connectivity index (χ0) is 19.4. The molecule has 2 aliphatic heterocycles. The number of carbonyl (C=O) groups excluding carboxylic acids is 2. The zero-order valence-electron chi connectivity index (χ0n) is 16.1. The highest BCUT2D eigenvalue weighted by atomic mass is 16.2. The van der Waals surface area contributed by atoms with Crippen molar-refractivity contribution in [3.8, 4) is 0 Å². The van der Waals surface area contributed by atoms with E-state index in [0.717, 1.165) is 10.9 Å². The van der Waals surface area contributed by atoms with Crippen LogP contribution in [0.2, 0.25) is 0 Å². The summed E-state index contributed by atoms with van der Waals surface area (Å²) in [5.74, 6) is 0.282. The molecular weight excluding hydrogens is 350 g/mol. The second kappa shape index (κ2) is 6.23. The summed E-state index contributed by atoms with van der Waals surface area (Å²) in [6.07, 6.45) is 0. The third kappa shape index (κ3) is 2.46. The molecule has 0 radical (unpaired) electrons. The van der Waals surface area contributed by atoms with Gasteiger partial charge in [-0.15, -0.1) is 0 Å². The summed E-state index contributed by atoms with van der Waals surface area (Å²) in [5.41, 5.74) is 4.20. The Hall–Kier alpha value is -3.08. The molecule has 3 aromatic rings. The molecule has 5 rings (SSSR count). The van der Waals surface area contributed by atoms with Crippen LogP contribution in [0, 0.1) is 0 Å². The van der Waals surface area contributed by atoms with Gasteiger partial charge in [-0.1, -0.05) is 42.5 Å². The molecule has 2 atom stereocenters. The third-order valence-electron chi connectivity index (χ3n) is 6.36. The topological polar surface area (TPSA) is 45.6 Å². The first-order chi connectivity index (χ1) is 13.5. The molecule has 2 aromatic carbocycles. The van der Waals surface area contributed by atoms with Crippen LogP contribution in [-0.2, 0) is 18.4 Å². The lowest BCUT2D eigenvalue weighted by atomic mass is 9.85. The molecule has 0 saturated carbocycles. The Morgan fingerprint density at radius 1 is 1.00 bits per heavy atom. The van der Waals surface area contributed by atoms with Crippen LogP contribution in [0.5, 0.6) is 0 Å². The van der Waals surface area contributed by atoms with Crippen molar-refractivity contribution in [1.82, 2.24) is 14.4 Å². The number of benzene rings is 2. The lowest BCUT2D eigenvalue weighted by Crippen LogP contribution is -2.47. The van der Waals surface area contributed by atoms with Gasteiger partial charge in [0.2, 0.25) is 5.91 Å². The average molecular weight is 373 g/mol. The molecule has 0 unspecified atom stereocenters. The van der Waals surface area contributed by atoms with Gasteiger partial charge in [-0.3, -0.25) is 9.59 Å². The van der Waals surface area contributed by atoms with Gasteiger partial charge in [-0.2, -0.15) is 0 Å². The molecule has 142 valence electrons. The number of hydrogen-bond acceptors (Lipinski definition) is 2. The maximum atomic E-state index is 13.6. The predicted octanol–water partition coefficient (Wildman–Crippen LogP) is 3.15. The maximum Gasteiger partial charge on any atom is 0.271 e. The van der Waals surface area contributed by atoms with E-state index in [2.05, 4.69) is 12.1 Å². The number of carbonyl (C=O) groups is 2. The van der Waals surface area contributed by atoms with Crippen molar-refractivity contribution in [2.45, 2.75) is 25.4 Å². The minimum Gasteiger partial charge on any atom is -0.340 e. The van der Waals surface area contributed by atoms with E-state index in [9.17, 15) is 9.59 Å². The number of aryl methyl sites for hydroxylation is 1. The van der Waals surface area contributed by atoms with E-state index in [4.69, 9.17) is 0 Å². The van der Waals surface area contributed by atoms with E-state index in [1.807, 2.05) is 63.9 Å². The quantitative estimate of drug-likeness (QED) is 0.658. The van der Waals surface area contributed by atoms with Crippen LogP contribution in [0.25, 0.3) is 10.9 Å². The predicted molar refractivity (Wildman–Crippen MR) is 108 cm³/mol. The van der Waals surface area contributed by atoms with Crippen molar-refractivity contribution in [2.24, 2.45) is 7.05 Å². The zero-order valence-corrected chi connectivity index (χ0v) is 16.1. The number of nitrogens with zero attached hydrogens (tertiary/aromatic N) is 3. The standard InChI is InChI=1S/C23H23N3O2/c1-15(27)25-13-19-18-9-5-3-8-17(18)12-26(22(19)14-25)23(28)21-11-16-7-4-6-10-20(16)24(21)2/h3-11,19,22H,12-14H2,1-2H3/t19-,22-/m0/s1. The number of likely N-dealkylation sites (tertiary alicyclic amines) is 1. The lowest BCUT2D eigenvalue weighted by Gasteiger charge is -2.38. The molecule has 2 amide bonds. The SMILES string of the molecule is CC(=O)N1C[C@H]2c3ccccc3CN(C(=O)c3cc4ccccc4n3C)[C@H]2C1. The summed E-state index contributed by atoms with van der Waals surface area (Å²) in [7, 11) is 1.95. The van der Waals surface area contributed by atoms with E-state index in [-0.39, 0.29) is 23.8 Å². The molecule has 0 spiro atoms. The average Bonchev–Trinajstić information content (AvgIpc) is 3.30. The molecule has 1 saturated heterocycles. The Labute approximate surface area is 164 Å². The van der Waals surface area contributed by atoms with Crippen molar-refractivity contribution in [3.05, 3.63) is 71.4 Å². The second-order valence-corrected chi connectivity index (χ2v) is 7.88. The minimum atomic E-state index is 0.0179. The Bertz CT molecular complexity index is 1100. The van der Waals surface area contributed by atoms with Crippen LogP contribution in [-0.4, -0.2) is 45.3 Å². The van der Waals surface area contributed by atoms with Gasteiger partial charge in [0.1, 0.15) is 5.69 Å². The Morgan fingerprint density at radius 3 is 2.54 bits per heavy atom. The van der Waals surface area contributed by atoms with Crippen LogP contribution in [0.4, 0.5) is 0 Å². The van der Waals surface area contributed by atoms with Crippen molar-refractivity contribution in [3.63, 3.8) is 0 Å². The third-order valence-corrected chi connectivity index (χ3v) is 6.36. The first kappa shape index (κ1) is 17.0. The van der Waals surface area contributed by atoms with E-state index < -0.39 is 0 Å². The van der Waals surface area contributed by atoms with Gasteiger partial charge < -0.3 is 14.4 Å². The van der Waals surface area contributed by atoms with E-state index in [1.54, 1.807) is 6.92 Å². The Kier molecular flexibility index (Phi) is 3.79. The lowest BCUT2D eigenvalue weighted by molar-refractivity contribution is -0.128. The molecule has 5 nitrogen and oxygen atoms in total. The number of rotatable bonds is 1. The molecule has 5 heteroatoms. The van der Waals surface area contributed by atoms with Crippen LogP contribution < -0.4 is 0 Å². The molecular formula is C23H23N3O2. The number of para-hydroxylation sites is 1. The number of hydrogen-bond donors (Lipinski definition) is 0. The van der Waals surface area contributed by atoms with E-state index in [0.29, 0.717) is 25.3 Å². The van der Waals surface area contributed by atoms with Crippen molar-refractivity contribution < 1.29 is 9.59 Å². The largest absolute Gasteiger partial charge is 0.340 e. The van der Waals surface area contributed by atoms with Gasteiger partial charge >= 0.3 is 0 Å². The van der Waals surface area contributed by atoms with Gasteiger partial charge in [0.05, 0.1) is 6.04 Å². The van der Waals surface area contributed by atoms with E-state index in [1.165, 1.54) is 11.1 Å². The summed E-state index contributed by atoms with van der Waals surface area (Å²) >= 11 is 0. The van der Waals surface area contributed by atoms with Crippen LogP contribution in [0.1, 0.15) is 34.5 Å². The van der Waals surface area contributed by atoms with Crippen molar-refractivity contribution in [2.75, 3.05) is 13.1 Å². The number of fused-ring (bicyclic) bond motifs is 4. The Morgan fingerprint density at radius 2 is 1.75 bits per heavy atom. The molecule has 0 N–H and O–H groups in total. The normalized spacial score (nSPS) is 20.9.